The maximum Gasteiger partial charge on any atom is 0.387 e. The number of hydrogen-bond acceptors (Lipinski definition) is 2. The number of alkyl halides is 2. The van der Waals surface area contributed by atoms with Crippen molar-refractivity contribution >= 4 is 27.5 Å². The lowest BCUT2D eigenvalue weighted by atomic mass is 10.2. The summed E-state index contributed by atoms with van der Waals surface area (Å²) < 4.78 is 42.0. The molecule has 110 valence electrons. The maximum atomic E-state index is 13.4. The topological polar surface area (TPSA) is 38.3 Å². The van der Waals surface area contributed by atoms with Crippen molar-refractivity contribution in [3.05, 3.63) is 58.3 Å². The van der Waals surface area contributed by atoms with Crippen molar-refractivity contribution in [1.29, 1.82) is 0 Å². The Labute approximate surface area is 126 Å². The van der Waals surface area contributed by atoms with Crippen LogP contribution in [0.3, 0.4) is 0 Å². The quantitative estimate of drug-likeness (QED) is 0.876. The third-order valence-corrected chi connectivity index (χ3v) is 3.14. The number of carbonyl (C=O) groups is 1. The van der Waals surface area contributed by atoms with Crippen LogP contribution < -0.4 is 10.1 Å². The Morgan fingerprint density at radius 1 is 1.19 bits per heavy atom. The van der Waals surface area contributed by atoms with Gasteiger partial charge in [-0.15, -0.1) is 0 Å². The fourth-order valence-corrected chi connectivity index (χ4v) is 1.84. The molecule has 0 fully saturated rings. The van der Waals surface area contributed by atoms with Crippen molar-refractivity contribution in [3.8, 4) is 5.75 Å². The number of hydrogen-bond donors (Lipinski definition) is 1. The third kappa shape index (κ3) is 4.22. The van der Waals surface area contributed by atoms with Gasteiger partial charge in [0.05, 0.1) is 4.47 Å². The van der Waals surface area contributed by atoms with Gasteiger partial charge in [-0.05, 0) is 46.3 Å². The van der Waals surface area contributed by atoms with Gasteiger partial charge in [0.25, 0.3) is 5.91 Å². The molecule has 0 unspecified atom stereocenters. The molecule has 0 heterocycles. The molecule has 2 aromatic carbocycles. The predicted octanol–water partition coefficient (Wildman–Crippen LogP) is 4.44. The fraction of sp³-hybridized carbons (Fsp3) is 0.0714. The lowest BCUT2D eigenvalue weighted by molar-refractivity contribution is -0.0497. The Hall–Kier alpha value is -2.02. The highest BCUT2D eigenvalue weighted by Gasteiger charge is 2.10. The molecule has 1 N–H and O–H groups in total. The normalized spacial score (nSPS) is 10.5. The van der Waals surface area contributed by atoms with Gasteiger partial charge in [-0.25, -0.2) is 4.39 Å². The van der Waals surface area contributed by atoms with Gasteiger partial charge in [0.1, 0.15) is 11.6 Å². The molecule has 0 spiro atoms. The van der Waals surface area contributed by atoms with E-state index in [1.807, 2.05) is 0 Å². The molecule has 2 aromatic rings. The van der Waals surface area contributed by atoms with Crippen LogP contribution in [0.2, 0.25) is 0 Å². The number of ether oxygens (including phenoxy) is 1. The number of anilines is 1. The Kier molecular flexibility index (Phi) is 4.85. The Morgan fingerprint density at radius 3 is 2.62 bits per heavy atom. The van der Waals surface area contributed by atoms with Crippen molar-refractivity contribution in [2.24, 2.45) is 0 Å². The van der Waals surface area contributed by atoms with Crippen LogP contribution in [-0.2, 0) is 0 Å². The second-order valence-electron chi connectivity index (χ2n) is 3.99. The highest BCUT2D eigenvalue weighted by Crippen LogP contribution is 2.21. The summed E-state index contributed by atoms with van der Waals surface area (Å²) in [5, 5.41) is 2.47. The van der Waals surface area contributed by atoms with Crippen LogP contribution in [0.4, 0.5) is 18.9 Å². The Balaban J connectivity index is 2.13. The van der Waals surface area contributed by atoms with E-state index in [0.717, 1.165) is 6.07 Å². The molecule has 1 amide bonds. The molecule has 0 aliphatic heterocycles. The number of nitrogens with one attached hydrogen (secondary N) is 1. The SMILES string of the molecule is O=C(Nc1cccc(OC(F)F)c1)c1ccc(Br)c(F)c1. The van der Waals surface area contributed by atoms with E-state index in [-0.39, 0.29) is 21.5 Å². The average Bonchev–Trinajstić information content (AvgIpc) is 2.41. The minimum atomic E-state index is -2.95. The number of amides is 1. The molecule has 0 aromatic heterocycles. The molecule has 2 rings (SSSR count). The summed E-state index contributed by atoms with van der Waals surface area (Å²) in [5.74, 6) is -1.21. The summed E-state index contributed by atoms with van der Waals surface area (Å²) >= 11 is 2.98. The molecule has 0 saturated heterocycles. The van der Waals surface area contributed by atoms with Crippen molar-refractivity contribution in [3.63, 3.8) is 0 Å². The molecule has 0 bridgehead atoms. The first-order chi connectivity index (χ1) is 9.95. The van der Waals surface area contributed by atoms with Crippen LogP contribution in [0, 0.1) is 5.82 Å². The van der Waals surface area contributed by atoms with Gasteiger partial charge < -0.3 is 10.1 Å². The van der Waals surface area contributed by atoms with Crippen LogP contribution in [0.25, 0.3) is 0 Å². The summed E-state index contributed by atoms with van der Waals surface area (Å²) in [6.45, 7) is -2.95. The zero-order valence-corrected chi connectivity index (χ0v) is 12.0. The van der Waals surface area contributed by atoms with Crippen molar-refractivity contribution in [2.75, 3.05) is 5.32 Å². The van der Waals surface area contributed by atoms with Gasteiger partial charge in [0.2, 0.25) is 0 Å². The fourth-order valence-electron chi connectivity index (χ4n) is 1.59. The molecule has 0 aliphatic rings. The van der Waals surface area contributed by atoms with Crippen LogP contribution in [0.1, 0.15) is 10.4 Å². The smallest absolute Gasteiger partial charge is 0.387 e. The average molecular weight is 360 g/mol. The minimum absolute atomic E-state index is 0.0789. The molecule has 0 atom stereocenters. The molecule has 3 nitrogen and oxygen atoms in total. The van der Waals surface area contributed by atoms with E-state index >= 15 is 0 Å². The van der Waals surface area contributed by atoms with Gasteiger partial charge in [0.15, 0.2) is 0 Å². The van der Waals surface area contributed by atoms with Gasteiger partial charge in [-0.1, -0.05) is 6.07 Å². The third-order valence-electron chi connectivity index (χ3n) is 2.50. The van der Waals surface area contributed by atoms with E-state index in [9.17, 15) is 18.0 Å². The molecule has 0 aliphatic carbocycles. The largest absolute Gasteiger partial charge is 0.435 e. The van der Waals surface area contributed by atoms with E-state index in [2.05, 4.69) is 26.0 Å². The molecule has 21 heavy (non-hydrogen) atoms. The van der Waals surface area contributed by atoms with Crippen LogP contribution in [0.15, 0.2) is 46.9 Å². The number of benzene rings is 2. The Bertz CT molecular complexity index is 664. The van der Waals surface area contributed by atoms with Gasteiger partial charge >= 0.3 is 6.61 Å². The zero-order chi connectivity index (χ0) is 15.4. The summed E-state index contributed by atoms with van der Waals surface area (Å²) in [7, 11) is 0. The van der Waals surface area contributed by atoms with Crippen LogP contribution in [0.5, 0.6) is 5.75 Å². The van der Waals surface area contributed by atoms with E-state index in [1.165, 1.54) is 36.4 Å². The molecular weight excluding hydrogens is 351 g/mol. The van der Waals surface area contributed by atoms with Gasteiger partial charge in [0, 0.05) is 17.3 Å². The maximum absolute atomic E-state index is 13.4. The van der Waals surface area contributed by atoms with Crippen molar-refractivity contribution < 1.29 is 22.7 Å². The highest BCUT2D eigenvalue weighted by atomic mass is 79.9. The van der Waals surface area contributed by atoms with Crippen molar-refractivity contribution in [2.45, 2.75) is 6.61 Å². The van der Waals surface area contributed by atoms with Crippen LogP contribution >= 0.6 is 15.9 Å². The number of carbonyl (C=O) groups excluding carboxylic acids is 1. The molecule has 7 heteroatoms. The van der Waals surface area contributed by atoms with E-state index in [4.69, 9.17) is 0 Å². The highest BCUT2D eigenvalue weighted by molar-refractivity contribution is 9.10. The first-order valence-corrected chi connectivity index (χ1v) is 6.56. The first kappa shape index (κ1) is 15.4. The molecule has 0 saturated carbocycles. The van der Waals surface area contributed by atoms with Crippen LogP contribution in [-0.4, -0.2) is 12.5 Å². The van der Waals surface area contributed by atoms with E-state index < -0.39 is 18.3 Å². The lowest BCUT2D eigenvalue weighted by Gasteiger charge is -2.08. The predicted molar refractivity (Wildman–Crippen MR) is 75.1 cm³/mol. The Morgan fingerprint density at radius 2 is 1.95 bits per heavy atom. The number of halogens is 4. The summed E-state index contributed by atoms with van der Waals surface area (Å²) in [6, 6.07) is 9.45. The summed E-state index contributed by atoms with van der Waals surface area (Å²) in [4.78, 5) is 11.9. The lowest BCUT2D eigenvalue weighted by Crippen LogP contribution is -2.12. The van der Waals surface area contributed by atoms with E-state index in [1.54, 1.807) is 0 Å². The monoisotopic (exact) mass is 359 g/mol. The van der Waals surface area contributed by atoms with Crippen molar-refractivity contribution in [1.82, 2.24) is 0 Å². The van der Waals surface area contributed by atoms with Gasteiger partial charge in [-0.3, -0.25) is 4.79 Å². The second-order valence-corrected chi connectivity index (χ2v) is 4.84. The number of rotatable bonds is 4. The zero-order valence-electron chi connectivity index (χ0n) is 10.4. The summed E-state index contributed by atoms with van der Waals surface area (Å²) in [6.07, 6.45) is 0. The van der Waals surface area contributed by atoms with E-state index in [0.29, 0.717) is 0 Å². The molecular formula is C14H9BrF3NO2. The first-order valence-electron chi connectivity index (χ1n) is 5.77. The molecule has 0 radical (unpaired) electrons. The van der Waals surface area contributed by atoms with Gasteiger partial charge in [-0.2, -0.15) is 8.78 Å². The minimum Gasteiger partial charge on any atom is -0.435 e. The summed E-state index contributed by atoms with van der Waals surface area (Å²) in [5.41, 5.74) is 0.373. The standard InChI is InChI=1S/C14H9BrF3NO2/c15-11-5-4-8(6-12(11)16)13(20)19-9-2-1-3-10(7-9)21-14(17)18/h1-7,14H,(H,19,20). The second kappa shape index (κ2) is 6.62.